The van der Waals surface area contributed by atoms with E-state index in [2.05, 4.69) is 39.1 Å². The standard InChI is InChI=1S/C19H20BrNO2/c1-13(22)10-14-6-7-19-17(11-14)15(4-2-8-20)16-5-3-9-21-18(16)12-23-19/h3-7,9,11,13,22H,2,8,10,12H2,1H3. The van der Waals surface area contributed by atoms with Crippen LogP contribution in [0, 0.1) is 0 Å². The van der Waals surface area contributed by atoms with E-state index in [1.807, 2.05) is 25.1 Å². The zero-order chi connectivity index (χ0) is 16.2. The third-order valence-corrected chi connectivity index (χ3v) is 4.33. The molecule has 0 aliphatic carbocycles. The summed E-state index contributed by atoms with van der Waals surface area (Å²) in [6.45, 7) is 2.29. The van der Waals surface area contributed by atoms with Crippen LogP contribution in [0.3, 0.4) is 0 Å². The van der Waals surface area contributed by atoms with Crippen LogP contribution in [0.4, 0.5) is 0 Å². The zero-order valence-corrected chi connectivity index (χ0v) is 14.7. The van der Waals surface area contributed by atoms with Crippen LogP contribution in [-0.4, -0.2) is 21.5 Å². The maximum Gasteiger partial charge on any atom is 0.131 e. The number of aromatic nitrogens is 1. The van der Waals surface area contributed by atoms with Crippen LogP contribution in [-0.2, 0) is 13.0 Å². The molecule has 1 atom stereocenters. The molecule has 1 aliphatic heterocycles. The summed E-state index contributed by atoms with van der Waals surface area (Å²) >= 11 is 3.50. The van der Waals surface area contributed by atoms with E-state index in [9.17, 15) is 5.11 Å². The lowest BCUT2D eigenvalue weighted by Crippen LogP contribution is -2.04. The molecular formula is C19H20BrNO2. The van der Waals surface area contributed by atoms with E-state index in [-0.39, 0.29) is 6.10 Å². The van der Waals surface area contributed by atoms with Gasteiger partial charge in [0, 0.05) is 22.7 Å². The van der Waals surface area contributed by atoms with Crippen molar-refractivity contribution < 1.29 is 9.84 Å². The molecule has 1 N–H and O–H groups in total. The molecule has 2 heterocycles. The number of hydrogen-bond donors (Lipinski definition) is 1. The van der Waals surface area contributed by atoms with Gasteiger partial charge in [-0.25, -0.2) is 0 Å². The molecule has 3 rings (SSSR count). The van der Waals surface area contributed by atoms with Gasteiger partial charge in [0.05, 0.1) is 11.8 Å². The van der Waals surface area contributed by atoms with Crippen molar-refractivity contribution in [3.63, 3.8) is 0 Å². The normalized spacial score (nSPS) is 16.2. The highest BCUT2D eigenvalue weighted by atomic mass is 79.9. The summed E-state index contributed by atoms with van der Waals surface area (Å²) in [6.07, 6.45) is 5.25. The van der Waals surface area contributed by atoms with Gasteiger partial charge in [-0.2, -0.15) is 0 Å². The topological polar surface area (TPSA) is 42.4 Å². The Labute approximate surface area is 145 Å². The van der Waals surface area contributed by atoms with Crippen molar-refractivity contribution in [2.24, 2.45) is 0 Å². The molecule has 1 aliphatic rings. The molecule has 1 aromatic heterocycles. The molecule has 0 amide bonds. The number of fused-ring (bicyclic) bond motifs is 2. The summed E-state index contributed by atoms with van der Waals surface area (Å²) < 4.78 is 5.97. The molecule has 0 saturated heterocycles. The second-order valence-electron chi connectivity index (χ2n) is 5.77. The number of aliphatic hydroxyl groups excluding tert-OH is 1. The molecule has 3 nitrogen and oxygen atoms in total. The van der Waals surface area contributed by atoms with Crippen molar-refractivity contribution >= 4 is 21.5 Å². The summed E-state index contributed by atoms with van der Waals surface area (Å²) in [5.41, 5.74) is 5.44. The maximum absolute atomic E-state index is 9.67. The van der Waals surface area contributed by atoms with Gasteiger partial charge in [0.2, 0.25) is 0 Å². The minimum absolute atomic E-state index is 0.358. The number of hydrogen-bond acceptors (Lipinski definition) is 3. The molecular weight excluding hydrogens is 354 g/mol. The molecule has 120 valence electrons. The summed E-state index contributed by atoms with van der Waals surface area (Å²) in [4.78, 5) is 4.47. The first-order valence-corrected chi connectivity index (χ1v) is 8.95. The van der Waals surface area contributed by atoms with E-state index in [0.29, 0.717) is 13.0 Å². The SMILES string of the molecule is CC(O)Cc1ccc2c(c1)C(=CCCBr)c1cccnc1CO2. The van der Waals surface area contributed by atoms with Crippen molar-refractivity contribution in [1.29, 1.82) is 0 Å². The number of aliphatic hydroxyl groups is 1. The summed E-state index contributed by atoms with van der Waals surface area (Å²) in [7, 11) is 0. The highest BCUT2D eigenvalue weighted by molar-refractivity contribution is 9.09. The van der Waals surface area contributed by atoms with Gasteiger partial charge < -0.3 is 9.84 Å². The van der Waals surface area contributed by atoms with Gasteiger partial charge in [0.15, 0.2) is 0 Å². The first kappa shape index (κ1) is 16.2. The Morgan fingerprint density at radius 3 is 3.00 bits per heavy atom. The lowest BCUT2D eigenvalue weighted by Gasteiger charge is -2.13. The highest BCUT2D eigenvalue weighted by Gasteiger charge is 2.20. The minimum atomic E-state index is -0.358. The molecule has 1 aromatic carbocycles. The Morgan fingerprint density at radius 2 is 2.22 bits per heavy atom. The highest BCUT2D eigenvalue weighted by Crippen LogP contribution is 2.37. The summed E-state index contributed by atoms with van der Waals surface area (Å²) in [5.74, 6) is 0.873. The number of ether oxygens (including phenoxy) is 1. The second-order valence-corrected chi connectivity index (χ2v) is 6.56. The van der Waals surface area contributed by atoms with Crippen LogP contribution in [0.1, 0.15) is 35.7 Å². The van der Waals surface area contributed by atoms with E-state index in [1.165, 1.54) is 0 Å². The van der Waals surface area contributed by atoms with Crippen LogP contribution in [0.2, 0.25) is 0 Å². The van der Waals surface area contributed by atoms with Crippen LogP contribution < -0.4 is 4.74 Å². The van der Waals surface area contributed by atoms with Crippen LogP contribution >= 0.6 is 15.9 Å². The summed E-state index contributed by atoms with van der Waals surface area (Å²) in [6, 6.07) is 10.2. The third-order valence-electron chi connectivity index (χ3n) is 3.87. The first-order valence-electron chi connectivity index (χ1n) is 7.83. The Bertz CT molecular complexity index is 725. The van der Waals surface area contributed by atoms with E-state index >= 15 is 0 Å². The van der Waals surface area contributed by atoms with Crippen molar-refractivity contribution in [2.75, 3.05) is 5.33 Å². The number of halogens is 1. The Kier molecular flexibility index (Phi) is 5.13. The van der Waals surface area contributed by atoms with Crippen molar-refractivity contribution in [3.8, 4) is 5.75 Å². The van der Waals surface area contributed by atoms with Crippen LogP contribution in [0.25, 0.3) is 5.57 Å². The number of alkyl halides is 1. The fourth-order valence-electron chi connectivity index (χ4n) is 2.89. The number of pyridine rings is 1. The van der Waals surface area contributed by atoms with Gasteiger partial charge in [-0.3, -0.25) is 4.98 Å². The lowest BCUT2D eigenvalue weighted by atomic mass is 9.93. The maximum atomic E-state index is 9.67. The van der Waals surface area contributed by atoms with E-state index in [0.717, 1.165) is 45.5 Å². The summed E-state index contributed by atoms with van der Waals surface area (Å²) in [5, 5.41) is 10.6. The van der Waals surface area contributed by atoms with Gasteiger partial charge in [-0.15, -0.1) is 0 Å². The Hall–Kier alpha value is -1.65. The second kappa shape index (κ2) is 7.28. The quantitative estimate of drug-likeness (QED) is 0.819. The average molecular weight is 374 g/mol. The number of nitrogens with zero attached hydrogens (tertiary/aromatic N) is 1. The van der Waals surface area contributed by atoms with Crippen molar-refractivity contribution in [3.05, 3.63) is 65.0 Å². The molecule has 1 unspecified atom stereocenters. The van der Waals surface area contributed by atoms with E-state index in [1.54, 1.807) is 6.20 Å². The fourth-order valence-corrected chi connectivity index (χ4v) is 3.12. The molecule has 4 heteroatoms. The molecule has 0 spiro atoms. The van der Waals surface area contributed by atoms with Gasteiger partial charge in [0.25, 0.3) is 0 Å². The minimum Gasteiger partial charge on any atom is -0.487 e. The molecule has 0 radical (unpaired) electrons. The fraction of sp³-hybridized carbons (Fsp3) is 0.316. The number of rotatable bonds is 4. The molecule has 23 heavy (non-hydrogen) atoms. The van der Waals surface area contributed by atoms with Crippen LogP contribution in [0.15, 0.2) is 42.6 Å². The van der Waals surface area contributed by atoms with Gasteiger partial charge in [-0.05, 0) is 49.1 Å². The first-order chi connectivity index (χ1) is 11.2. The van der Waals surface area contributed by atoms with Gasteiger partial charge >= 0.3 is 0 Å². The largest absolute Gasteiger partial charge is 0.487 e. The lowest BCUT2D eigenvalue weighted by molar-refractivity contribution is 0.195. The number of allylic oxidation sites excluding steroid dienone is 1. The molecule has 0 bridgehead atoms. The third kappa shape index (κ3) is 3.65. The average Bonchev–Trinajstić information content (AvgIpc) is 2.69. The predicted molar refractivity (Wildman–Crippen MR) is 95.9 cm³/mol. The molecule has 2 aromatic rings. The van der Waals surface area contributed by atoms with Gasteiger partial charge in [0.1, 0.15) is 12.4 Å². The van der Waals surface area contributed by atoms with Gasteiger partial charge in [-0.1, -0.05) is 34.1 Å². The van der Waals surface area contributed by atoms with Crippen LogP contribution in [0.5, 0.6) is 5.75 Å². The van der Waals surface area contributed by atoms with E-state index < -0.39 is 0 Å². The smallest absolute Gasteiger partial charge is 0.131 e. The van der Waals surface area contributed by atoms with E-state index in [4.69, 9.17) is 4.74 Å². The monoisotopic (exact) mass is 373 g/mol. The Balaban J connectivity index is 2.12. The number of benzene rings is 1. The van der Waals surface area contributed by atoms with Crippen molar-refractivity contribution in [2.45, 2.75) is 32.5 Å². The van der Waals surface area contributed by atoms with Crippen molar-refractivity contribution in [1.82, 2.24) is 4.98 Å². The zero-order valence-electron chi connectivity index (χ0n) is 13.1. The Morgan fingerprint density at radius 1 is 1.35 bits per heavy atom. The predicted octanol–water partition coefficient (Wildman–Crippen LogP) is 4.11. The molecule has 0 saturated carbocycles. The molecule has 0 fully saturated rings.